The van der Waals surface area contributed by atoms with Crippen LogP contribution in [-0.4, -0.2) is 32.0 Å². The summed E-state index contributed by atoms with van der Waals surface area (Å²) in [5.41, 5.74) is 2.77. The Labute approximate surface area is 162 Å². The molecule has 0 aliphatic rings. The first kappa shape index (κ1) is 17.9. The van der Waals surface area contributed by atoms with Crippen molar-refractivity contribution < 1.29 is 13.7 Å². The molecule has 0 saturated heterocycles. The van der Waals surface area contributed by atoms with Crippen molar-refractivity contribution in [3.05, 3.63) is 65.8 Å². The number of aryl methyl sites for hydroxylation is 1. The predicted octanol–water partition coefficient (Wildman–Crippen LogP) is 4.24. The van der Waals surface area contributed by atoms with Gasteiger partial charge in [0.2, 0.25) is 0 Å². The van der Waals surface area contributed by atoms with Crippen LogP contribution >= 0.6 is 0 Å². The SMILES string of the molecule is Cc1noc2nc(-c3ccco3)cc(C(=O)N(Cc3ccccn3)C(C)C)c12. The summed E-state index contributed by atoms with van der Waals surface area (Å²) in [7, 11) is 0. The molecule has 1 amide bonds. The zero-order valence-corrected chi connectivity index (χ0v) is 15.9. The topological polar surface area (TPSA) is 85.3 Å². The van der Waals surface area contributed by atoms with E-state index in [1.54, 1.807) is 42.5 Å². The Morgan fingerprint density at radius 2 is 2.07 bits per heavy atom. The van der Waals surface area contributed by atoms with Gasteiger partial charge >= 0.3 is 0 Å². The number of aromatic nitrogens is 3. The molecule has 0 spiro atoms. The fourth-order valence-corrected chi connectivity index (χ4v) is 3.12. The van der Waals surface area contributed by atoms with Crippen molar-refractivity contribution in [2.75, 3.05) is 0 Å². The summed E-state index contributed by atoms with van der Waals surface area (Å²) in [5, 5.41) is 4.62. The lowest BCUT2D eigenvalue weighted by Crippen LogP contribution is -2.36. The number of rotatable bonds is 5. The van der Waals surface area contributed by atoms with Gasteiger partial charge in [-0.1, -0.05) is 11.2 Å². The van der Waals surface area contributed by atoms with E-state index in [-0.39, 0.29) is 11.9 Å². The van der Waals surface area contributed by atoms with Gasteiger partial charge < -0.3 is 13.8 Å². The summed E-state index contributed by atoms with van der Waals surface area (Å²) < 4.78 is 10.8. The molecule has 0 fully saturated rings. The third-order valence-electron chi connectivity index (χ3n) is 4.56. The molecular formula is C21H20N4O3. The molecule has 7 heteroatoms. The molecule has 4 rings (SSSR count). The lowest BCUT2D eigenvalue weighted by molar-refractivity contribution is 0.0689. The van der Waals surface area contributed by atoms with Gasteiger partial charge in [-0.05, 0) is 51.1 Å². The van der Waals surface area contributed by atoms with Crippen molar-refractivity contribution in [2.24, 2.45) is 0 Å². The van der Waals surface area contributed by atoms with Gasteiger partial charge in [-0.15, -0.1) is 0 Å². The molecule has 0 aliphatic carbocycles. The molecule has 0 atom stereocenters. The minimum absolute atomic E-state index is 0.0232. The number of hydrogen-bond donors (Lipinski definition) is 0. The predicted molar refractivity (Wildman–Crippen MR) is 103 cm³/mol. The summed E-state index contributed by atoms with van der Waals surface area (Å²) in [6.07, 6.45) is 3.29. The fourth-order valence-electron chi connectivity index (χ4n) is 3.12. The average Bonchev–Trinajstić information content (AvgIpc) is 3.36. The Morgan fingerprint density at radius 3 is 2.75 bits per heavy atom. The fraction of sp³-hybridized carbons (Fsp3) is 0.238. The number of hydrogen-bond acceptors (Lipinski definition) is 6. The molecule has 0 saturated carbocycles. The molecule has 0 aliphatic heterocycles. The van der Waals surface area contributed by atoms with E-state index >= 15 is 0 Å². The molecule has 28 heavy (non-hydrogen) atoms. The minimum Gasteiger partial charge on any atom is -0.463 e. The molecule has 0 unspecified atom stereocenters. The first-order chi connectivity index (χ1) is 13.5. The van der Waals surface area contributed by atoms with E-state index in [9.17, 15) is 4.79 Å². The molecule has 0 radical (unpaired) electrons. The van der Waals surface area contributed by atoms with Gasteiger partial charge in [0.25, 0.3) is 11.6 Å². The number of amides is 1. The van der Waals surface area contributed by atoms with E-state index in [0.29, 0.717) is 40.4 Å². The van der Waals surface area contributed by atoms with E-state index in [0.717, 1.165) is 5.69 Å². The summed E-state index contributed by atoms with van der Waals surface area (Å²) in [6, 6.07) is 11.0. The summed E-state index contributed by atoms with van der Waals surface area (Å²) >= 11 is 0. The van der Waals surface area contributed by atoms with Crippen molar-refractivity contribution in [1.82, 2.24) is 20.0 Å². The molecule has 4 aromatic rings. The maximum atomic E-state index is 13.5. The molecule has 0 aromatic carbocycles. The lowest BCUT2D eigenvalue weighted by Gasteiger charge is -2.27. The second kappa shape index (κ2) is 7.26. The molecule has 4 heterocycles. The molecule has 0 bridgehead atoms. The van der Waals surface area contributed by atoms with Gasteiger partial charge in [0, 0.05) is 12.2 Å². The molecular weight excluding hydrogens is 356 g/mol. The highest BCUT2D eigenvalue weighted by Crippen LogP contribution is 2.29. The van der Waals surface area contributed by atoms with E-state index in [1.165, 1.54) is 0 Å². The molecule has 7 nitrogen and oxygen atoms in total. The van der Waals surface area contributed by atoms with Crippen LogP contribution in [0.3, 0.4) is 0 Å². The number of pyridine rings is 2. The molecule has 0 N–H and O–H groups in total. The number of carbonyl (C=O) groups is 1. The standard InChI is InChI=1S/C21H20N4O3/c1-13(2)25(12-15-7-4-5-9-22-15)21(26)16-11-17(18-8-6-10-27-18)23-20-19(16)14(3)24-28-20/h4-11,13H,12H2,1-3H3. The van der Waals surface area contributed by atoms with E-state index in [2.05, 4.69) is 15.1 Å². The number of carbonyl (C=O) groups excluding carboxylic acids is 1. The highest BCUT2D eigenvalue weighted by molar-refractivity contribution is 6.07. The van der Waals surface area contributed by atoms with Gasteiger partial charge in [0.15, 0.2) is 5.76 Å². The first-order valence-corrected chi connectivity index (χ1v) is 9.06. The van der Waals surface area contributed by atoms with Crippen LogP contribution in [0.4, 0.5) is 0 Å². The van der Waals surface area contributed by atoms with Gasteiger partial charge in [0.05, 0.1) is 35.1 Å². The highest BCUT2D eigenvalue weighted by Gasteiger charge is 2.26. The minimum atomic E-state index is -0.132. The van der Waals surface area contributed by atoms with Gasteiger partial charge in [-0.25, -0.2) is 4.98 Å². The van der Waals surface area contributed by atoms with Crippen LogP contribution in [0.25, 0.3) is 22.6 Å². The van der Waals surface area contributed by atoms with Crippen LogP contribution in [0, 0.1) is 6.92 Å². The van der Waals surface area contributed by atoms with Crippen LogP contribution in [-0.2, 0) is 6.54 Å². The zero-order valence-electron chi connectivity index (χ0n) is 15.9. The third kappa shape index (κ3) is 3.26. The summed E-state index contributed by atoms with van der Waals surface area (Å²) in [6.45, 7) is 6.16. The van der Waals surface area contributed by atoms with Crippen LogP contribution in [0.5, 0.6) is 0 Å². The Morgan fingerprint density at radius 1 is 1.21 bits per heavy atom. The van der Waals surface area contributed by atoms with Gasteiger partial charge in [-0.2, -0.15) is 0 Å². The van der Waals surface area contributed by atoms with Crippen molar-refractivity contribution >= 4 is 17.0 Å². The average molecular weight is 376 g/mol. The van der Waals surface area contributed by atoms with Crippen LogP contribution in [0.15, 0.2) is 57.8 Å². The van der Waals surface area contributed by atoms with Crippen molar-refractivity contribution in [3.63, 3.8) is 0 Å². The Balaban J connectivity index is 1.81. The monoisotopic (exact) mass is 376 g/mol. The van der Waals surface area contributed by atoms with E-state index in [4.69, 9.17) is 8.94 Å². The van der Waals surface area contributed by atoms with Crippen LogP contribution in [0.1, 0.15) is 35.6 Å². The largest absolute Gasteiger partial charge is 0.463 e. The normalized spacial score (nSPS) is 11.3. The Hall–Kier alpha value is -3.48. The summed E-state index contributed by atoms with van der Waals surface area (Å²) in [5.74, 6) is 0.429. The van der Waals surface area contributed by atoms with Crippen molar-refractivity contribution in [2.45, 2.75) is 33.4 Å². The molecule has 142 valence electrons. The maximum Gasteiger partial charge on any atom is 0.259 e. The zero-order chi connectivity index (χ0) is 19.7. The number of fused-ring (bicyclic) bond motifs is 1. The molecule has 4 aromatic heterocycles. The lowest BCUT2D eigenvalue weighted by atomic mass is 10.1. The third-order valence-corrected chi connectivity index (χ3v) is 4.56. The van der Waals surface area contributed by atoms with Gasteiger partial charge in [0.1, 0.15) is 5.69 Å². The van der Waals surface area contributed by atoms with E-state index in [1.807, 2.05) is 32.0 Å². The van der Waals surface area contributed by atoms with Crippen LogP contribution in [0.2, 0.25) is 0 Å². The number of nitrogens with zero attached hydrogens (tertiary/aromatic N) is 4. The van der Waals surface area contributed by atoms with Gasteiger partial charge in [-0.3, -0.25) is 9.78 Å². The maximum absolute atomic E-state index is 13.5. The van der Waals surface area contributed by atoms with Crippen molar-refractivity contribution in [1.29, 1.82) is 0 Å². The summed E-state index contributed by atoms with van der Waals surface area (Å²) in [4.78, 5) is 24.1. The van der Waals surface area contributed by atoms with Crippen LogP contribution < -0.4 is 0 Å². The quantitative estimate of drug-likeness (QED) is 0.518. The smallest absolute Gasteiger partial charge is 0.259 e. The Bertz CT molecular complexity index is 1100. The van der Waals surface area contributed by atoms with E-state index < -0.39 is 0 Å². The Kier molecular flexibility index (Phi) is 4.65. The second-order valence-electron chi connectivity index (χ2n) is 6.83. The van der Waals surface area contributed by atoms with Crippen molar-refractivity contribution in [3.8, 4) is 11.5 Å². The highest BCUT2D eigenvalue weighted by atomic mass is 16.5. The number of furan rings is 1. The first-order valence-electron chi connectivity index (χ1n) is 9.06. The second-order valence-corrected chi connectivity index (χ2v) is 6.83.